The van der Waals surface area contributed by atoms with Gasteiger partial charge in [-0.05, 0) is 24.6 Å². The Morgan fingerprint density at radius 1 is 1.03 bits per heavy atom. The summed E-state index contributed by atoms with van der Waals surface area (Å²) in [6.07, 6.45) is 4.01. The lowest BCUT2D eigenvalue weighted by Crippen LogP contribution is -2.29. The number of aromatic nitrogens is 1. The van der Waals surface area contributed by atoms with Gasteiger partial charge < -0.3 is 14.2 Å². The van der Waals surface area contributed by atoms with Gasteiger partial charge in [0.25, 0.3) is 0 Å². The summed E-state index contributed by atoms with van der Waals surface area (Å²) in [6, 6.07) is 21.2. The normalized spacial score (nSPS) is 11.9. The Kier molecular flexibility index (Phi) is 5.56. The fourth-order valence-electron chi connectivity index (χ4n) is 3.15. The molecule has 0 saturated carbocycles. The molecule has 0 saturated heterocycles. The van der Waals surface area contributed by atoms with Crippen LogP contribution in [0.2, 0.25) is 0 Å². The maximum Gasteiger partial charge on any atom is 0.221 e. The quantitative estimate of drug-likeness (QED) is 0.481. The molecule has 1 atom stereocenters. The van der Waals surface area contributed by atoms with Gasteiger partial charge in [-0.3, -0.25) is 4.79 Å². The van der Waals surface area contributed by atoms with Gasteiger partial charge in [0, 0.05) is 18.4 Å². The van der Waals surface area contributed by atoms with E-state index in [0.29, 0.717) is 23.8 Å². The smallest absolute Gasteiger partial charge is 0.221 e. The van der Waals surface area contributed by atoms with Gasteiger partial charge in [0.05, 0.1) is 12.5 Å². The third-order valence-electron chi connectivity index (χ3n) is 4.72. The second-order valence-corrected chi connectivity index (χ2v) is 6.91. The van der Waals surface area contributed by atoms with Crippen molar-refractivity contribution in [1.29, 1.82) is 0 Å². The van der Waals surface area contributed by atoms with Crippen LogP contribution in [0, 0.1) is 6.92 Å². The van der Waals surface area contributed by atoms with Crippen molar-refractivity contribution in [3.8, 4) is 11.3 Å². The first-order valence-electron chi connectivity index (χ1n) is 9.58. The summed E-state index contributed by atoms with van der Waals surface area (Å²) in [5.41, 5.74) is 3.13. The Morgan fingerprint density at radius 3 is 2.55 bits per heavy atom. The van der Waals surface area contributed by atoms with Crippen LogP contribution in [0.4, 0.5) is 0 Å². The summed E-state index contributed by atoms with van der Waals surface area (Å²) in [5, 5.41) is 3.05. The molecular weight excluding hydrogens is 364 g/mol. The number of carbonyl (C=O) groups excluding carboxylic acids is 1. The number of rotatable bonds is 7. The first kappa shape index (κ1) is 18.7. The molecule has 0 aliphatic heterocycles. The number of oxazole rings is 1. The Hall–Kier alpha value is -3.60. The van der Waals surface area contributed by atoms with Gasteiger partial charge in [0.1, 0.15) is 11.8 Å². The number of carbonyl (C=O) groups is 1. The van der Waals surface area contributed by atoms with Crippen molar-refractivity contribution in [2.75, 3.05) is 0 Å². The topological polar surface area (TPSA) is 68.3 Å². The van der Waals surface area contributed by atoms with E-state index in [2.05, 4.69) is 10.3 Å². The van der Waals surface area contributed by atoms with Gasteiger partial charge in [0.15, 0.2) is 11.7 Å². The summed E-state index contributed by atoms with van der Waals surface area (Å²) in [7, 11) is 0. The number of hydrogen-bond donors (Lipinski definition) is 1. The molecule has 2 heterocycles. The van der Waals surface area contributed by atoms with E-state index in [4.69, 9.17) is 8.83 Å². The fourth-order valence-corrected chi connectivity index (χ4v) is 3.15. The van der Waals surface area contributed by atoms with Crippen molar-refractivity contribution in [2.45, 2.75) is 25.8 Å². The minimum Gasteiger partial charge on any atom is -0.467 e. The van der Waals surface area contributed by atoms with Gasteiger partial charge in [0.2, 0.25) is 5.91 Å². The van der Waals surface area contributed by atoms with Gasteiger partial charge in [-0.2, -0.15) is 0 Å². The number of nitrogens with one attached hydrogen (secondary N) is 1. The molecule has 2 aromatic carbocycles. The zero-order valence-electron chi connectivity index (χ0n) is 16.2. The molecule has 0 aliphatic rings. The van der Waals surface area contributed by atoms with E-state index in [9.17, 15) is 4.79 Å². The van der Waals surface area contributed by atoms with E-state index in [1.807, 2.05) is 73.7 Å². The number of furan rings is 1. The van der Waals surface area contributed by atoms with E-state index >= 15 is 0 Å². The minimum absolute atomic E-state index is 0.0923. The van der Waals surface area contributed by atoms with Crippen molar-refractivity contribution in [2.24, 2.45) is 0 Å². The summed E-state index contributed by atoms with van der Waals surface area (Å²) in [4.78, 5) is 16.9. The van der Waals surface area contributed by atoms with Crippen molar-refractivity contribution in [3.05, 3.63) is 102 Å². The standard InChI is InChI=1S/C24H22N2O3/c1-17-9-11-18(12-10-17)21-16-25-23(29-21)14-13-22(27)26-24(20-8-5-15-28-20)19-6-3-2-4-7-19/h2-12,15-16,24H,13-14H2,1H3,(H,26,27). The molecule has 0 fully saturated rings. The first-order valence-corrected chi connectivity index (χ1v) is 9.58. The van der Waals surface area contributed by atoms with Crippen LogP contribution >= 0.6 is 0 Å². The predicted octanol–water partition coefficient (Wildman–Crippen LogP) is 5.08. The van der Waals surface area contributed by atoms with E-state index in [1.165, 1.54) is 5.56 Å². The number of hydrogen-bond acceptors (Lipinski definition) is 4. The number of amides is 1. The SMILES string of the molecule is Cc1ccc(-c2cnc(CCC(=O)NC(c3ccccc3)c3ccco3)o2)cc1. The molecule has 5 nitrogen and oxygen atoms in total. The zero-order chi connectivity index (χ0) is 20.1. The highest BCUT2D eigenvalue weighted by Gasteiger charge is 2.19. The van der Waals surface area contributed by atoms with Gasteiger partial charge in [-0.25, -0.2) is 4.98 Å². The fraction of sp³-hybridized carbons (Fsp3) is 0.167. The Morgan fingerprint density at radius 2 is 1.83 bits per heavy atom. The Labute approximate surface area is 169 Å². The average Bonchev–Trinajstić information content (AvgIpc) is 3.44. The highest BCUT2D eigenvalue weighted by atomic mass is 16.4. The second kappa shape index (κ2) is 8.61. The molecule has 0 bridgehead atoms. The number of aryl methyl sites for hydroxylation is 2. The summed E-state index contributed by atoms with van der Waals surface area (Å²) < 4.78 is 11.3. The third-order valence-corrected chi connectivity index (χ3v) is 4.72. The molecule has 29 heavy (non-hydrogen) atoms. The van der Waals surface area contributed by atoms with Crippen LogP contribution in [0.25, 0.3) is 11.3 Å². The van der Waals surface area contributed by atoms with E-state index in [-0.39, 0.29) is 18.4 Å². The maximum atomic E-state index is 12.6. The van der Waals surface area contributed by atoms with Crippen LogP contribution in [0.15, 0.2) is 88.0 Å². The summed E-state index contributed by atoms with van der Waals surface area (Å²) >= 11 is 0. The molecule has 5 heteroatoms. The lowest BCUT2D eigenvalue weighted by Gasteiger charge is -2.17. The van der Waals surface area contributed by atoms with Crippen LogP contribution < -0.4 is 5.32 Å². The number of nitrogens with zero attached hydrogens (tertiary/aromatic N) is 1. The van der Waals surface area contributed by atoms with Gasteiger partial charge >= 0.3 is 0 Å². The van der Waals surface area contributed by atoms with Crippen LogP contribution in [0.1, 0.15) is 35.2 Å². The van der Waals surface area contributed by atoms with Crippen LogP contribution in [-0.4, -0.2) is 10.9 Å². The molecule has 0 aliphatic carbocycles. The highest BCUT2D eigenvalue weighted by molar-refractivity contribution is 5.77. The number of benzene rings is 2. The molecule has 4 rings (SSSR count). The van der Waals surface area contributed by atoms with E-state index in [0.717, 1.165) is 11.1 Å². The lowest BCUT2D eigenvalue weighted by atomic mass is 10.0. The Balaban J connectivity index is 1.40. The van der Waals surface area contributed by atoms with Crippen LogP contribution in [0.5, 0.6) is 0 Å². The molecule has 0 radical (unpaired) electrons. The van der Waals surface area contributed by atoms with Crippen LogP contribution in [0.3, 0.4) is 0 Å². The molecule has 4 aromatic rings. The van der Waals surface area contributed by atoms with E-state index in [1.54, 1.807) is 12.5 Å². The highest BCUT2D eigenvalue weighted by Crippen LogP contribution is 2.23. The molecule has 1 unspecified atom stereocenters. The largest absolute Gasteiger partial charge is 0.467 e. The summed E-state index contributed by atoms with van der Waals surface area (Å²) in [5.74, 6) is 1.86. The third kappa shape index (κ3) is 4.63. The first-order chi connectivity index (χ1) is 14.2. The summed E-state index contributed by atoms with van der Waals surface area (Å²) in [6.45, 7) is 2.04. The molecule has 146 valence electrons. The van der Waals surface area contributed by atoms with Crippen LogP contribution in [-0.2, 0) is 11.2 Å². The monoisotopic (exact) mass is 386 g/mol. The maximum absolute atomic E-state index is 12.6. The Bertz CT molecular complexity index is 1050. The van der Waals surface area contributed by atoms with Gasteiger partial charge in [-0.15, -0.1) is 0 Å². The molecule has 1 N–H and O–H groups in total. The zero-order valence-corrected chi connectivity index (χ0v) is 16.2. The van der Waals surface area contributed by atoms with Crippen molar-refractivity contribution in [1.82, 2.24) is 10.3 Å². The van der Waals surface area contributed by atoms with Crippen molar-refractivity contribution < 1.29 is 13.6 Å². The average molecular weight is 386 g/mol. The molecule has 2 aromatic heterocycles. The molecule has 1 amide bonds. The second-order valence-electron chi connectivity index (χ2n) is 6.91. The van der Waals surface area contributed by atoms with Gasteiger partial charge in [-0.1, -0.05) is 60.2 Å². The van der Waals surface area contributed by atoms with Crippen molar-refractivity contribution in [3.63, 3.8) is 0 Å². The minimum atomic E-state index is -0.327. The molecule has 0 spiro atoms. The van der Waals surface area contributed by atoms with Crippen molar-refractivity contribution >= 4 is 5.91 Å². The van der Waals surface area contributed by atoms with E-state index < -0.39 is 0 Å². The molecular formula is C24H22N2O3. The lowest BCUT2D eigenvalue weighted by molar-refractivity contribution is -0.121. The predicted molar refractivity (Wildman–Crippen MR) is 110 cm³/mol.